The Morgan fingerprint density at radius 3 is 2.70 bits per heavy atom. The molecule has 0 aliphatic heterocycles. The summed E-state index contributed by atoms with van der Waals surface area (Å²) in [4.78, 5) is 12.7. The summed E-state index contributed by atoms with van der Waals surface area (Å²) in [6, 6.07) is 0. The van der Waals surface area contributed by atoms with Crippen molar-refractivity contribution in [2.24, 2.45) is 0 Å². The number of nitrogen functional groups attached to an aromatic ring is 1. The number of pyridine rings is 1. The van der Waals surface area contributed by atoms with Gasteiger partial charge in [0.2, 0.25) is 5.95 Å². The Morgan fingerprint density at radius 1 is 1.26 bits per heavy atom. The lowest BCUT2D eigenvalue weighted by molar-refractivity contribution is 0.406. The van der Waals surface area contributed by atoms with Gasteiger partial charge in [-0.2, -0.15) is 10.1 Å². The highest BCUT2D eigenvalue weighted by atomic mass is 35.5. The number of fused-ring (bicyclic) bond motifs is 1. The third-order valence-electron chi connectivity index (χ3n) is 3.79. The van der Waals surface area contributed by atoms with Crippen molar-refractivity contribution < 1.29 is 4.74 Å². The van der Waals surface area contributed by atoms with Crippen LogP contribution in [0.2, 0.25) is 5.15 Å². The smallest absolute Gasteiger partial charge is 0.223 e. The van der Waals surface area contributed by atoms with E-state index in [0.29, 0.717) is 22.7 Å². The van der Waals surface area contributed by atoms with Crippen LogP contribution in [0.15, 0.2) is 6.20 Å². The predicted octanol–water partition coefficient (Wildman–Crippen LogP) is 2.44. The fourth-order valence-electron chi connectivity index (χ4n) is 2.70. The topological polar surface area (TPSA) is 91.7 Å². The molecule has 3 heterocycles. The average molecular weight is 333 g/mol. The van der Waals surface area contributed by atoms with Crippen LogP contribution in [0.25, 0.3) is 11.0 Å². The second kappa shape index (κ2) is 5.66. The zero-order valence-electron chi connectivity index (χ0n) is 13.4. The van der Waals surface area contributed by atoms with Gasteiger partial charge < -0.3 is 10.5 Å². The summed E-state index contributed by atoms with van der Waals surface area (Å²) in [6.45, 7) is 6.24. The molecule has 120 valence electrons. The Bertz CT molecular complexity index is 905. The molecule has 3 rings (SSSR count). The molecule has 0 saturated heterocycles. The summed E-state index contributed by atoms with van der Waals surface area (Å²) < 4.78 is 7.18. The highest BCUT2D eigenvalue weighted by molar-refractivity contribution is 6.34. The van der Waals surface area contributed by atoms with Crippen LogP contribution in [0.5, 0.6) is 5.75 Å². The number of aromatic nitrogens is 5. The van der Waals surface area contributed by atoms with Crippen molar-refractivity contribution in [3.05, 3.63) is 33.9 Å². The molecule has 0 aliphatic rings. The monoisotopic (exact) mass is 332 g/mol. The van der Waals surface area contributed by atoms with Gasteiger partial charge in [-0.1, -0.05) is 11.6 Å². The number of ether oxygens (including phenoxy) is 1. The van der Waals surface area contributed by atoms with E-state index >= 15 is 0 Å². The summed E-state index contributed by atoms with van der Waals surface area (Å²) >= 11 is 6.16. The number of aryl methyl sites for hydroxylation is 2. The minimum absolute atomic E-state index is 0.120. The summed E-state index contributed by atoms with van der Waals surface area (Å²) in [7, 11) is 1.65. The first kappa shape index (κ1) is 15.5. The lowest BCUT2D eigenvalue weighted by atomic mass is 10.1. The Labute approximate surface area is 138 Å². The fraction of sp³-hybridized carbons (Fsp3) is 0.333. The van der Waals surface area contributed by atoms with Gasteiger partial charge in [0.1, 0.15) is 10.9 Å². The van der Waals surface area contributed by atoms with Crippen molar-refractivity contribution in [3.8, 4) is 5.75 Å². The van der Waals surface area contributed by atoms with Gasteiger partial charge in [0.05, 0.1) is 30.4 Å². The number of anilines is 1. The Morgan fingerprint density at radius 2 is 2.00 bits per heavy atom. The SMILES string of the molecule is COc1c(C)cnc(Cn2nc(C)c3c(Cl)nc(N)nc32)c1C. The van der Waals surface area contributed by atoms with E-state index in [0.717, 1.165) is 28.3 Å². The molecule has 0 aromatic carbocycles. The molecule has 3 aromatic rings. The van der Waals surface area contributed by atoms with E-state index in [4.69, 9.17) is 22.1 Å². The van der Waals surface area contributed by atoms with Crippen LogP contribution in [0.4, 0.5) is 5.95 Å². The molecule has 0 atom stereocenters. The standard InChI is InChI=1S/C15H17ClN6O/c1-7-5-18-10(8(2)12(7)23-4)6-22-14-11(9(3)21-22)13(16)19-15(17)20-14/h5H,6H2,1-4H3,(H2,17,19,20). The summed E-state index contributed by atoms with van der Waals surface area (Å²) in [5, 5.41) is 5.51. The second-order valence-corrected chi connectivity index (χ2v) is 5.72. The van der Waals surface area contributed by atoms with Crippen LogP contribution >= 0.6 is 11.6 Å². The first-order chi connectivity index (χ1) is 10.9. The molecule has 0 aliphatic carbocycles. The van der Waals surface area contributed by atoms with Crippen LogP contribution in [0.1, 0.15) is 22.5 Å². The number of hydrogen-bond acceptors (Lipinski definition) is 6. The predicted molar refractivity (Wildman–Crippen MR) is 88.8 cm³/mol. The first-order valence-corrected chi connectivity index (χ1v) is 7.45. The average Bonchev–Trinajstić information content (AvgIpc) is 2.79. The molecule has 0 unspecified atom stereocenters. The largest absolute Gasteiger partial charge is 0.496 e. The van der Waals surface area contributed by atoms with Gasteiger partial charge in [-0.25, -0.2) is 9.67 Å². The van der Waals surface area contributed by atoms with Crippen molar-refractivity contribution in [2.75, 3.05) is 12.8 Å². The summed E-state index contributed by atoms with van der Waals surface area (Å²) in [5.41, 5.74) is 9.87. The number of nitrogens with zero attached hydrogens (tertiary/aromatic N) is 5. The summed E-state index contributed by atoms with van der Waals surface area (Å²) in [5.74, 6) is 0.949. The molecule has 0 spiro atoms. The van der Waals surface area contributed by atoms with Crippen LogP contribution in [-0.2, 0) is 6.54 Å². The first-order valence-electron chi connectivity index (χ1n) is 7.07. The molecule has 0 amide bonds. The third-order valence-corrected chi connectivity index (χ3v) is 4.06. The van der Waals surface area contributed by atoms with Gasteiger partial charge in [0, 0.05) is 17.3 Å². The number of halogens is 1. The highest BCUT2D eigenvalue weighted by Crippen LogP contribution is 2.27. The van der Waals surface area contributed by atoms with Crippen molar-refractivity contribution in [1.29, 1.82) is 0 Å². The lowest BCUT2D eigenvalue weighted by Crippen LogP contribution is -2.09. The van der Waals surface area contributed by atoms with Gasteiger partial charge in [-0.05, 0) is 20.8 Å². The van der Waals surface area contributed by atoms with E-state index in [1.54, 1.807) is 18.0 Å². The lowest BCUT2D eigenvalue weighted by Gasteiger charge is -2.12. The maximum Gasteiger partial charge on any atom is 0.223 e. The van der Waals surface area contributed by atoms with Crippen LogP contribution in [0, 0.1) is 20.8 Å². The van der Waals surface area contributed by atoms with Crippen LogP contribution in [0.3, 0.4) is 0 Å². The van der Waals surface area contributed by atoms with Gasteiger partial charge in [0.25, 0.3) is 0 Å². The molecular weight excluding hydrogens is 316 g/mol. The molecule has 3 aromatic heterocycles. The number of rotatable bonds is 3. The van der Waals surface area contributed by atoms with Gasteiger partial charge in [0.15, 0.2) is 5.65 Å². The Kier molecular flexibility index (Phi) is 3.81. The van der Waals surface area contributed by atoms with E-state index in [1.807, 2.05) is 20.8 Å². The van der Waals surface area contributed by atoms with Gasteiger partial charge in [-0.3, -0.25) is 4.98 Å². The van der Waals surface area contributed by atoms with E-state index in [-0.39, 0.29) is 5.95 Å². The Hall–Kier alpha value is -2.41. The van der Waals surface area contributed by atoms with E-state index in [9.17, 15) is 0 Å². The molecule has 0 saturated carbocycles. The molecule has 23 heavy (non-hydrogen) atoms. The Balaban J connectivity index is 2.13. The fourth-order valence-corrected chi connectivity index (χ4v) is 3.00. The van der Waals surface area contributed by atoms with Crippen LogP contribution in [-0.4, -0.2) is 31.8 Å². The normalized spacial score (nSPS) is 11.2. The van der Waals surface area contributed by atoms with Gasteiger partial charge in [-0.15, -0.1) is 0 Å². The second-order valence-electron chi connectivity index (χ2n) is 5.36. The molecular formula is C15H17ClN6O. The number of nitrogens with two attached hydrogens (primary N) is 1. The van der Waals surface area contributed by atoms with Crippen LogP contribution < -0.4 is 10.5 Å². The van der Waals surface area contributed by atoms with Gasteiger partial charge >= 0.3 is 0 Å². The zero-order valence-corrected chi connectivity index (χ0v) is 14.1. The number of hydrogen-bond donors (Lipinski definition) is 1. The minimum atomic E-state index is 0.120. The molecule has 2 N–H and O–H groups in total. The summed E-state index contributed by atoms with van der Waals surface area (Å²) in [6.07, 6.45) is 1.79. The van der Waals surface area contributed by atoms with E-state index in [2.05, 4.69) is 20.1 Å². The highest BCUT2D eigenvalue weighted by Gasteiger charge is 2.17. The maximum absolute atomic E-state index is 6.16. The van der Waals surface area contributed by atoms with Crippen molar-refractivity contribution in [3.63, 3.8) is 0 Å². The van der Waals surface area contributed by atoms with Crippen molar-refractivity contribution in [1.82, 2.24) is 24.7 Å². The quantitative estimate of drug-likeness (QED) is 0.741. The zero-order chi connectivity index (χ0) is 16.7. The van der Waals surface area contributed by atoms with E-state index in [1.165, 1.54) is 0 Å². The van der Waals surface area contributed by atoms with Crippen molar-refractivity contribution in [2.45, 2.75) is 27.3 Å². The molecule has 0 fully saturated rings. The van der Waals surface area contributed by atoms with Crippen molar-refractivity contribution >= 4 is 28.6 Å². The molecule has 0 bridgehead atoms. The minimum Gasteiger partial charge on any atom is -0.496 e. The molecule has 7 nitrogen and oxygen atoms in total. The molecule has 8 heteroatoms. The maximum atomic E-state index is 6.16. The molecule has 0 radical (unpaired) electrons. The number of methoxy groups -OCH3 is 1. The van der Waals surface area contributed by atoms with E-state index < -0.39 is 0 Å². The third kappa shape index (κ3) is 2.57.